The number of nitrogens with one attached hydrogen (secondary N) is 1. The number of carbonyl (C=O) groups is 1. The van der Waals surface area contributed by atoms with Crippen molar-refractivity contribution in [3.8, 4) is 0 Å². The number of nitrogens with zero attached hydrogens (tertiary/aromatic N) is 2. The minimum atomic E-state index is -1.43. The molecule has 0 bridgehead atoms. The number of rotatable bonds is 7. The summed E-state index contributed by atoms with van der Waals surface area (Å²) in [4.78, 5) is 13.1. The first-order valence-corrected chi connectivity index (χ1v) is 10.1. The van der Waals surface area contributed by atoms with E-state index in [1.165, 1.54) is 12.2 Å². The molecule has 2 aromatic rings. The van der Waals surface area contributed by atoms with Gasteiger partial charge in [0.05, 0.1) is 13.6 Å². The van der Waals surface area contributed by atoms with Gasteiger partial charge < -0.3 is 34.4 Å². The molecule has 28 heavy (non-hydrogen) atoms. The van der Waals surface area contributed by atoms with E-state index < -0.39 is 5.60 Å². The number of hydrogen-bond acceptors (Lipinski definition) is 2. The standard InChI is InChI=1S/C22H31N3O2.HI/c1-18-24(2)16-17-25(18)15-9-14-23-21(26)22(27,19-10-5-3-6-11-19)20-12-7-4-8-13-20;/h3,5-6,10-11,16-17,20,27H,4,7-9,12-15H2,1-2H3;1H. The molecule has 1 heterocycles. The number of aromatic nitrogens is 2. The Hall–Kier alpha value is -1.41. The lowest BCUT2D eigenvalue weighted by Gasteiger charge is -2.37. The summed E-state index contributed by atoms with van der Waals surface area (Å²) in [6, 6.07) is 9.45. The molecule has 5 nitrogen and oxygen atoms in total. The normalized spacial score (nSPS) is 16.8. The van der Waals surface area contributed by atoms with E-state index in [0.29, 0.717) is 12.1 Å². The summed E-state index contributed by atoms with van der Waals surface area (Å²) in [5, 5.41) is 14.5. The molecule has 1 aliphatic carbocycles. The molecular weight excluding hydrogens is 465 g/mol. The lowest BCUT2D eigenvalue weighted by Crippen LogP contribution is -3.00. The summed E-state index contributed by atoms with van der Waals surface area (Å²) in [7, 11) is 2.03. The van der Waals surface area contributed by atoms with E-state index in [1.54, 1.807) is 0 Å². The van der Waals surface area contributed by atoms with Gasteiger partial charge in [-0.25, -0.2) is 9.13 Å². The number of aliphatic hydroxyl groups is 1. The highest BCUT2D eigenvalue weighted by molar-refractivity contribution is 5.86. The molecule has 1 unspecified atom stereocenters. The zero-order chi connectivity index (χ0) is 19.3. The molecule has 6 heteroatoms. The van der Waals surface area contributed by atoms with Gasteiger partial charge in [0.2, 0.25) is 0 Å². The van der Waals surface area contributed by atoms with Gasteiger partial charge in [-0.05, 0) is 18.4 Å². The van der Waals surface area contributed by atoms with E-state index in [-0.39, 0.29) is 35.8 Å². The molecule has 0 saturated heterocycles. The smallest absolute Gasteiger partial charge is 0.256 e. The summed E-state index contributed by atoms with van der Waals surface area (Å²) in [6.07, 6.45) is 10.1. The zero-order valence-corrected chi connectivity index (χ0v) is 19.1. The maximum absolute atomic E-state index is 13.1. The Bertz CT molecular complexity index is 756. The summed E-state index contributed by atoms with van der Waals surface area (Å²) in [6.45, 7) is 3.48. The Morgan fingerprint density at radius 3 is 2.54 bits per heavy atom. The Labute approximate surface area is 185 Å². The molecule has 154 valence electrons. The molecule has 0 radical (unpaired) electrons. The fourth-order valence-electron chi connectivity index (χ4n) is 4.19. The van der Waals surface area contributed by atoms with Gasteiger partial charge in [0.1, 0.15) is 12.4 Å². The first kappa shape index (κ1) is 22.9. The maximum Gasteiger partial charge on any atom is 0.256 e. The van der Waals surface area contributed by atoms with Gasteiger partial charge in [0.25, 0.3) is 11.7 Å². The van der Waals surface area contributed by atoms with Crippen molar-refractivity contribution < 1.29 is 38.4 Å². The van der Waals surface area contributed by atoms with Crippen molar-refractivity contribution in [1.82, 2.24) is 9.88 Å². The predicted molar refractivity (Wildman–Crippen MR) is 105 cm³/mol. The largest absolute Gasteiger partial charge is 1.00 e. The molecule has 1 aromatic carbocycles. The van der Waals surface area contributed by atoms with Gasteiger partial charge in [0.15, 0.2) is 5.60 Å². The van der Waals surface area contributed by atoms with Crippen LogP contribution in [-0.2, 0) is 24.0 Å². The SMILES string of the molecule is Cc1n(CCCNC(=O)C(O)(c2ccccc2)C2CCCCC2)cc[n+]1C.[I-]. The van der Waals surface area contributed by atoms with Gasteiger partial charge in [-0.2, -0.15) is 0 Å². The van der Waals surface area contributed by atoms with Crippen LogP contribution < -0.4 is 33.9 Å². The number of imidazole rings is 1. The molecular formula is C22H32IN3O2. The van der Waals surface area contributed by atoms with Crippen molar-refractivity contribution in [2.24, 2.45) is 13.0 Å². The summed E-state index contributed by atoms with van der Waals surface area (Å²) >= 11 is 0. The molecule has 3 rings (SSSR count). The van der Waals surface area contributed by atoms with Crippen molar-refractivity contribution in [3.63, 3.8) is 0 Å². The lowest BCUT2D eigenvalue weighted by molar-refractivity contribution is -0.677. The Kier molecular flexibility index (Phi) is 8.49. The Balaban J connectivity index is 0.00000280. The Morgan fingerprint density at radius 2 is 1.93 bits per heavy atom. The summed E-state index contributed by atoms with van der Waals surface area (Å²) < 4.78 is 4.26. The van der Waals surface area contributed by atoms with Gasteiger partial charge in [-0.1, -0.05) is 49.6 Å². The van der Waals surface area contributed by atoms with Crippen molar-refractivity contribution >= 4 is 5.91 Å². The predicted octanol–water partition coefficient (Wildman–Crippen LogP) is -0.401. The Morgan fingerprint density at radius 1 is 1.25 bits per heavy atom. The van der Waals surface area contributed by atoms with E-state index >= 15 is 0 Å². The highest BCUT2D eigenvalue weighted by atomic mass is 127. The second-order valence-corrected chi connectivity index (χ2v) is 7.73. The quantitative estimate of drug-likeness (QED) is 0.311. The average Bonchev–Trinajstić information content (AvgIpc) is 3.03. The highest BCUT2D eigenvalue weighted by Crippen LogP contribution is 2.39. The molecule has 1 atom stereocenters. The van der Waals surface area contributed by atoms with Crippen LogP contribution in [0.5, 0.6) is 0 Å². The highest BCUT2D eigenvalue weighted by Gasteiger charge is 2.45. The van der Waals surface area contributed by atoms with E-state index in [9.17, 15) is 9.90 Å². The summed E-state index contributed by atoms with van der Waals surface area (Å²) in [5.41, 5.74) is -0.722. The molecule has 2 N–H and O–H groups in total. The molecule has 1 aliphatic rings. The van der Waals surface area contributed by atoms with Crippen LogP contribution in [0.15, 0.2) is 42.7 Å². The molecule has 0 aliphatic heterocycles. The second kappa shape index (κ2) is 10.4. The van der Waals surface area contributed by atoms with Crippen molar-refractivity contribution in [2.75, 3.05) is 6.54 Å². The second-order valence-electron chi connectivity index (χ2n) is 7.73. The number of aryl methyl sites for hydroxylation is 2. The number of halogens is 1. The van der Waals surface area contributed by atoms with Gasteiger partial charge >= 0.3 is 0 Å². The maximum atomic E-state index is 13.1. The van der Waals surface area contributed by atoms with E-state index in [4.69, 9.17) is 0 Å². The van der Waals surface area contributed by atoms with E-state index in [0.717, 1.165) is 38.6 Å². The number of benzene rings is 1. The fraction of sp³-hybridized carbons (Fsp3) is 0.545. The van der Waals surface area contributed by atoms with Crippen LogP contribution in [0, 0.1) is 12.8 Å². The minimum Gasteiger partial charge on any atom is -1.00 e. The van der Waals surface area contributed by atoms with Crippen LogP contribution >= 0.6 is 0 Å². The first-order chi connectivity index (χ1) is 13.0. The van der Waals surface area contributed by atoms with E-state index in [1.807, 2.05) is 43.6 Å². The molecule has 1 aromatic heterocycles. The topological polar surface area (TPSA) is 58.1 Å². The molecule has 1 amide bonds. The first-order valence-electron chi connectivity index (χ1n) is 10.1. The van der Waals surface area contributed by atoms with Crippen LogP contribution in [-0.4, -0.2) is 22.1 Å². The number of carbonyl (C=O) groups excluding carboxylic acids is 1. The van der Waals surface area contributed by atoms with Crippen LogP contribution in [0.1, 0.15) is 49.9 Å². The molecule has 1 saturated carbocycles. The fourth-order valence-corrected chi connectivity index (χ4v) is 4.19. The van der Waals surface area contributed by atoms with Gasteiger partial charge in [-0.15, -0.1) is 0 Å². The van der Waals surface area contributed by atoms with Crippen LogP contribution in [0.2, 0.25) is 0 Å². The third kappa shape index (κ3) is 4.95. The average molecular weight is 497 g/mol. The van der Waals surface area contributed by atoms with Gasteiger partial charge in [-0.3, -0.25) is 4.79 Å². The van der Waals surface area contributed by atoms with Crippen molar-refractivity contribution in [2.45, 2.75) is 57.6 Å². The monoisotopic (exact) mass is 497 g/mol. The molecule has 1 fully saturated rings. The van der Waals surface area contributed by atoms with Crippen molar-refractivity contribution in [3.05, 3.63) is 54.1 Å². The third-order valence-electron chi connectivity index (χ3n) is 6.01. The van der Waals surface area contributed by atoms with Crippen LogP contribution in [0.25, 0.3) is 0 Å². The zero-order valence-electron chi connectivity index (χ0n) is 16.9. The summed E-state index contributed by atoms with van der Waals surface area (Å²) in [5.74, 6) is 0.916. The van der Waals surface area contributed by atoms with Crippen LogP contribution in [0.3, 0.4) is 0 Å². The lowest BCUT2D eigenvalue weighted by atomic mass is 9.73. The van der Waals surface area contributed by atoms with Crippen molar-refractivity contribution in [1.29, 1.82) is 0 Å². The minimum absolute atomic E-state index is 0. The van der Waals surface area contributed by atoms with Gasteiger partial charge in [0, 0.05) is 25.8 Å². The number of hydrogen-bond donors (Lipinski definition) is 2. The van der Waals surface area contributed by atoms with Crippen LogP contribution in [0.4, 0.5) is 0 Å². The third-order valence-corrected chi connectivity index (χ3v) is 6.01. The molecule has 0 spiro atoms. The number of amides is 1. The van der Waals surface area contributed by atoms with E-state index in [2.05, 4.69) is 27.6 Å².